The Morgan fingerprint density at radius 2 is 1.62 bits per heavy atom. The Hall–Kier alpha value is -2.49. The van der Waals surface area contributed by atoms with Crippen LogP contribution in [0.1, 0.15) is 6.42 Å². The van der Waals surface area contributed by atoms with Crippen molar-refractivity contribution in [3.05, 3.63) is 42.5 Å². The van der Waals surface area contributed by atoms with E-state index < -0.39 is 10.0 Å². The zero-order valence-corrected chi connectivity index (χ0v) is 16.9. The second kappa shape index (κ2) is 8.10. The molecule has 0 spiro atoms. The summed E-state index contributed by atoms with van der Waals surface area (Å²) in [7, 11) is -3.52. The Morgan fingerprint density at radius 3 is 2.31 bits per heavy atom. The lowest BCUT2D eigenvalue weighted by Gasteiger charge is -2.34. The van der Waals surface area contributed by atoms with Gasteiger partial charge in [0.25, 0.3) is 0 Å². The molecule has 2 aromatic carbocycles. The normalized spacial score (nSPS) is 19.1. The number of carbonyl (C=O) groups is 2. The number of urea groups is 1. The van der Waals surface area contributed by atoms with Crippen molar-refractivity contribution in [2.45, 2.75) is 11.3 Å². The SMILES string of the molecule is O=C1CNC(=O)N1CCCN1CCN(S(=O)(=O)c2ccc3ccccc3c2)CC1. The Bertz CT molecular complexity index is 1020. The zero-order valence-electron chi connectivity index (χ0n) is 16.1. The maximum Gasteiger partial charge on any atom is 0.324 e. The number of benzene rings is 2. The molecule has 2 aliphatic rings. The van der Waals surface area contributed by atoms with Crippen LogP contribution >= 0.6 is 0 Å². The first-order chi connectivity index (χ1) is 13.9. The van der Waals surface area contributed by atoms with E-state index in [0.29, 0.717) is 44.0 Å². The summed E-state index contributed by atoms with van der Waals surface area (Å²) < 4.78 is 27.6. The lowest BCUT2D eigenvalue weighted by molar-refractivity contribution is -0.125. The van der Waals surface area contributed by atoms with Crippen LogP contribution < -0.4 is 5.32 Å². The predicted molar refractivity (Wildman–Crippen MR) is 109 cm³/mol. The number of fused-ring (bicyclic) bond motifs is 1. The highest BCUT2D eigenvalue weighted by Gasteiger charge is 2.30. The van der Waals surface area contributed by atoms with Gasteiger partial charge in [-0.15, -0.1) is 0 Å². The van der Waals surface area contributed by atoms with Gasteiger partial charge in [-0.25, -0.2) is 13.2 Å². The first-order valence-electron chi connectivity index (χ1n) is 9.75. The van der Waals surface area contributed by atoms with E-state index in [0.717, 1.165) is 17.3 Å². The van der Waals surface area contributed by atoms with Crippen LogP contribution in [-0.4, -0.2) is 80.3 Å². The fourth-order valence-corrected chi connectivity index (χ4v) is 5.26. The summed E-state index contributed by atoms with van der Waals surface area (Å²) in [5.74, 6) is -0.193. The molecule has 2 fully saturated rings. The van der Waals surface area contributed by atoms with E-state index in [4.69, 9.17) is 0 Å². The standard InChI is InChI=1S/C20H24N4O4S/c25-19-15-21-20(26)24(19)9-3-8-22-10-12-23(13-11-22)29(27,28)18-7-6-16-4-1-2-5-17(16)14-18/h1-2,4-7,14H,3,8-13,15H2,(H,21,26). The van der Waals surface area contributed by atoms with Gasteiger partial charge in [-0.3, -0.25) is 9.69 Å². The third-order valence-electron chi connectivity index (χ3n) is 5.48. The van der Waals surface area contributed by atoms with Gasteiger partial charge in [0, 0.05) is 32.7 Å². The molecule has 29 heavy (non-hydrogen) atoms. The summed E-state index contributed by atoms with van der Waals surface area (Å²) in [5, 5.41) is 4.43. The van der Waals surface area contributed by atoms with Gasteiger partial charge in [0.2, 0.25) is 15.9 Å². The molecule has 0 bridgehead atoms. The van der Waals surface area contributed by atoms with Crippen LogP contribution in [0.3, 0.4) is 0 Å². The number of amides is 3. The average Bonchev–Trinajstić information content (AvgIpc) is 3.06. The van der Waals surface area contributed by atoms with Crippen molar-refractivity contribution >= 4 is 32.7 Å². The molecule has 4 rings (SSSR count). The van der Waals surface area contributed by atoms with Crippen molar-refractivity contribution in [1.82, 2.24) is 19.4 Å². The lowest BCUT2D eigenvalue weighted by Crippen LogP contribution is -2.49. The molecule has 0 unspecified atom stereocenters. The van der Waals surface area contributed by atoms with Crippen LogP contribution in [-0.2, 0) is 14.8 Å². The minimum absolute atomic E-state index is 0.0736. The summed E-state index contributed by atoms with van der Waals surface area (Å²) in [5.41, 5.74) is 0. The number of rotatable bonds is 6. The largest absolute Gasteiger partial charge is 0.329 e. The summed E-state index contributed by atoms with van der Waals surface area (Å²) in [6, 6.07) is 12.6. The average molecular weight is 417 g/mol. The van der Waals surface area contributed by atoms with E-state index in [9.17, 15) is 18.0 Å². The maximum absolute atomic E-state index is 13.0. The number of carbonyl (C=O) groups excluding carboxylic acids is 2. The molecule has 2 aliphatic heterocycles. The summed E-state index contributed by atoms with van der Waals surface area (Å²) in [4.78, 5) is 26.9. The molecule has 1 N–H and O–H groups in total. The Balaban J connectivity index is 1.32. The van der Waals surface area contributed by atoms with Gasteiger partial charge in [-0.1, -0.05) is 30.3 Å². The molecule has 0 atom stereocenters. The van der Waals surface area contributed by atoms with E-state index in [1.807, 2.05) is 30.3 Å². The van der Waals surface area contributed by atoms with Crippen molar-refractivity contribution in [2.75, 3.05) is 45.8 Å². The topological polar surface area (TPSA) is 90.0 Å². The Kier molecular flexibility index (Phi) is 5.53. The number of imide groups is 1. The molecule has 8 nitrogen and oxygen atoms in total. The van der Waals surface area contributed by atoms with E-state index in [-0.39, 0.29) is 18.5 Å². The number of sulfonamides is 1. The number of hydrogen-bond donors (Lipinski definition) is 1. The molecule has 2 aromatic rings. The number of piperazine rings is 1. The van der Waals surface area contributed by atoms with E-state index in [1.165, 1.54) is 9.21 Å². The summed E-state index contributed by atoms with van der Waals surface area (Å²) in [6.45, 7) is 3.31. The highest BCUT2D eigenvalue weighted by molar-refractivity contribution is 7.89. The van der Waals surface area contributed by atoms with Crippen LogP contribution in [0.25, 0.3) is 10.8 Å². The van der Waals surface area contributed by atoms with Crippen molar-refractivity contribution in [2.24, 2.45) is 0 Å². The van der Waals surface area contributed by atoms with Gasteiger partial charge in [0.15, 0.2) is 0 Å². The smallest absolute Gasteiger partial charge is 0.324 e. The van der Waals surface area contributed by atoms with Gasteiger partial charge in [0.05, 0.1) is 11.4 Å². The number of hydrogen-bond acceptors (Lipinski definition) is 5. The minimum atomic E-state index is -3.52. The van der Waals surface area contributed by atoms with E-state index in [1.54, 1.807) is 12.1 Å². The highest BCUT2D eigenvalue weighted by Crippen LogP contribution is 2.22. The minimum Gasteiger partial charge on any atom is -0.329 e. The molecule has 2 saturated heterocycles. The molecule has 0 aliphatic carbocycles. The zero-order chi connectivity index (χ0) is 20.4. The molecule has 3 amide bonds. The molecule has 9 heteroatoms. The Labute approximate surface area is 170 Å². The molecule has 0 aromatic heterocycles. The lowest BCUT2D eigenvalue weighted by atomic mass is 10.1. The van der Waals surface area contributed by atoms with Gasteiger partial charge in [0.1, 0.15) is 0 Å². The van der Waals surface area contributed by atoms with Gasteiger partial charge >= 0.3 is 6.03 Å². The van der Waals surface area contributed by atoms with Crippen LogP contribution in [0, 0.1) is 0 Å². The van der Waals surface area contributed by atoms with Crippen molar-refractivity contribution in [3.63, 3.8) is 0 Å². The van der Waals surface area contributed by atoms with Gasteiger partial charge in [-0.05, 0) is 35.9 Å². The Morgan fingerprint density at radius 1 is 0.897 bits per heavy atom. The predicted octanol–water partition coefficient (Wildman–Crippen LogP) is 1.09. The maximum atomic E-state index is 13.0. The van der Waals surface area contributed by atoms with E-state index >= 15 is 0 Å². The fourth-order valence-electron chi connectivity index (χ4n) is 3.80. The molecular formula is C20H24N4O4S. The summed E-state index contributed by atoms with van der Waals surface area (Å²) >= 11 is 0. The monoisotopic (exact) mass is 416 g/mol. The van der Waals surface area contributed by atoms with Crippen LogP contribution in [0.4, 0.5) is 4.79 Å². The first kappa shape index (κ1) is 19.8. The quantitative estimate of drug-likeness (QED) is 0.712. The summed E-state index contributed by atoms with van der Waals surface area (Å²) in [6.07, 6.45) is 0.677. The van der Waals surface area contributed by atoms with Crippen LogP contribution in [0.15, 0.2) is 47.4 Å². The van der Waals surface area contributed by atoms with Crippen molar-refractivity contribution in [3.8, 4) is 0 Å². The van der Waals surface area contributed by atoms with Crippen LogP contribution in [0.5, 0.6) is 0 Å². The molecular weight excluding hydrogens is 392 g/mol. The molecule has 154 valence electrons. The van der Waals surface area contributed by atoms with Crippen molar-refractivity contribution < 1.29 is 18.0 Å². The van der Waals surface area contributed by atoms with Gasteiger partial charge < -0.3 is 10.2 Å². The number of nitrogens with one attached hydrogen (secondary N) is 1. The molecule has 0 radical (unpaired) electrons. The number of nitrogens with zero attached hydrogens (tertiary/aromatic N) is 3. The van der Waals surface area contributed by atoms with E-state index in [2.05, 4.69) is 10.2 Å². The second-order valence-corrected chi connectivity index (χ2v) is 9.25. The third-order valence-corrected chi connectivity index (χ3v) is 7.38. The molecule has 0 saturated carbocycles. The van der Waals surface area contributed by atoms with Crippen LogP contribution in [0.2, 0.25) is 0 Å². The molecule has 2 heterocycles. The first-order valence-corrected chi connectivity index (χ1v) is 11.2. The van der Waals surface area contributed by atoms with Gasteiger partial charge in [-0.2, -0.15) is 4.31 Å². The van der Waals surface area contributed by atoms with Crippen molar-refractivity contribution in [1.29, 1.82) is 0 Å². The highest BCUT2D eigenvalue weighted by atomic mass is 32.2. The third kappa shape index (κ3) is 4.12. The second-order valence-electron chi connectivity index (χ2n) is 7.31. The fraction of sp³-hybridized carbons (Fsp3) is 0.400.